The highest BCUT2D eigenvalue weighted by atomic mass is 32.2. The molecule has 0 spiro atoms. The average Bonchev–Trinajstić information content (AvgIpc) is 3.35. The van der Waals surface area contributed by atoms with Crippen LogP contribution >= 0.6 is 11.3 Å². The van der Waals surface area contributed by atoms with Crippen LogP contribution in [0.3, 0.4) is 0 Å². The third kappa shape index (κ3) is 4.54. The van der Waals surface area contributed by atoms with Crippen molar-refractivity contribution in [3.8, 4) is 0 Å². The second-order valence-electron chi connectivity index (χ2n) is 6.28. The number of sulfonamides is 2. The van der Waals surface area contributed by atoms with Crippen LogP contribution in [-0.4, -0.2) is 45.4 Å². The van der Waals surface area contributed by atoms with Crippen LogP contribution in [0.25, 0.3) is 0 Å². The monoisotopic (exact) mass is 443 g/mol. The molecule has 3 rings (SSSR count). The molecule has 2 N–H and O–H groups in total. The number of nitrogens with zero attached hydrogens (tertiary/aromatic N) is 1. The van der Waals surface area contributed by atoms with Gasteiger partial charge in [-0.1, -0.05) is 6.07 Å². The number of carbonyl (C=O) groups excluding carboxylic acids is 1. The first-order valence-corrected chi connectivity index (χ1v) is 12.7. The second kappa shape index (κ2) is 8.19. The molecule has 1 saturated heterocycles. The molecule has 28 heavy (non-hydrogen) atoms. The molecule has 1 aliphatic rings. The fraction of sp³-hybridized carbons (Fsp3) is 0.353. The van der Waals surface area contributed by atoms with Crippen LogP contribution in [0.1, 0.15) is 19.8 Å². The molecule has 2 aromatic rings. The van der Waals surface area contributed by atoms with Gasteiger partial charge in [-0.2, -0.15) is 4.31 Å². The van der Waals surface area contributed by atoms with Crippen LogP contribution < -0.4 is 10.0 Å². The van der Waals surface area contributed by atoms with E-state index >= 15 is 0 Å². The fourth-order valence-corrected chi connectivity index (χ4v) is 6.33. The van der Waals surface area contributed by atoms with Crippen molar-refractivity contribution in [1.29, 1.82) is 0 Å². The van der Waals surface area contributed by atoms with Gasteiger partial charge in [0.1, 0.15) is 10.3 Å². The van der Waals surface area contributed by atoms with Crippen LogP contribution in [0, 0.1) is 0 Å². The number of benzene rings is 1. The molecular weight excluding hydrogens is 422 g/mol. The van der Waals surface area contributed by atoms with Gasteiger partial charge in [0.25, 0.3) is 10.0 Å². The Balaban J connectivity index is 1.70. The maximum atomic E-state index is 12.8. The van der Waals surface area contributed by atoms with E-state index in [1.165, 1.54) is 29.4 Å². The van der Waals surface area contributed by atoms with E-state index in [1.54, 1.807) is 23.6 Å². The van der Waals surface area contributed by atoms with Gasteiger partial charge in [0.2, 0.25) is 15.9 Å². The summed E-state index contributed by atoms with van der Waals surface area (Å²) in [5, 5.41) is 4.40. The van der Waals surface area contributed by atoms with Crippen LogP contribution in [0.2, 0.25) is 0 Å². The molecule has 152 valence electrons. The summed E-state index contributed by atoms with van der Waals surface area (Å²) >= 11 is 1.12. The molecule has 0 saturated carbocycles. The van der Waals surface area contributed by atoms with Gasteiger partial charge in [-0.3, -0.25) is 9.52 Å². The average molecular weight is 444 g/mol. The van der Waals surface area contributed by atoms with Crippen LogP contribution in [0.5, 0.6) is 0 Å². The van der Waals surface area contributed by atoms with E-state index in [9.17, 15) is 21.6 Å². The minimum atomic E-state index is -3.70. The molecule has 11 heteroatoms. The second-order valence-corrected chi connectivity index (χ2v) is 11.4. The lowest BCUT2D eigenvalue weighted by molar-refractivity contribution is -0.119. The SMILES string of the molecule is CCS(=O)(=O)Nc1ccc(NC(=O)C2CCCN2S(=O)(=O)c2cccs2)cc1. The van der Waals surface area contributed by atoms with E-state index in [-0.39, 0.29) is 9.96 Å². The first kappa shape index (κ1) is 20.8. The van der Waals surface area contributed by atoms with Crippen LogP contribution in [-0.2, 0) is 24.8 Å². The third-order valence-electron chi connectivity index (χ3n) is 4.37. The summed E-state index contributed by atoms with van der Waals surface area (Å²) in [6.07, 6.45) is 1.06. The molecule has 1 unspecified atom stereocenters. The van der Waals surface area contributed by atoms with E-state index in [0.29, 0.717) is 30.8 Å². The zero-order valence-corrected chi connectivity index (χ0v) is 17.6. The zero-order valence-electron chi connectivity index (χ0n) is 15.2. The van der Waals surface area contributed by atoms with Crippen molar-refractivity contribution in [2.45, 2.75) is 30.0 Å². The highest BCUT2D eigenvalue weighted by Gasteiger charge is 2.39. The lowest BCUT2D eigenvalue weighted by Crippen LogP contribution is -2.42. The van der Waals surface area contributed by atoms with Crippen molar-refractivity contribution in [2.75, 3.05) is 22.3 Å². The van der Waals surface area contributed by atoms with Gasteiger partial charge in [0.05, 0.1) is 5.75 Å². The smallest absolute Gasteiger partial charge is 0.253 e. The number of carbonyl (C=O) groups is 1. The van der Waals surface area contributed by atoms with Gasteiger partial charge in [-0.25, -0.2) is 16.8 Å². The van der Waals surface area contributed by atoms with Crippen LogP contribution in [0.15, 0.2) is 46.0 Å². The van der Waals surface area contributed by atoms with Gasteiger partial charge in [-0.15, -0.1) is 11.3 Å². The summed E-state index contributed by atoms with van der Waals surface area (Å²) in [5.74, 6) is -0.443. The number of thiophene rings is 1. The molecule has 2 heterocycles. The molecule has 8 nitrogen and oxygen atoms in total. The number of hydrogen-bond acceptors (Lipinski definition) is 6. The van der Waals surface area contributed by atoms with E-state index in [2.05, 4.69) is 10.0 Å². The maximum Gasteiger partial charge on any atom is 0.253 e. The number of hydrogen-bond donors (Lipinski definition) is 2. The lowest BCUT2D eigenvalue weighted by Gasteiger charge is -2.22. The lowest BCUT2D eigenvalue weighted by atomic mass is 10.2. The Bertz CT molecular complexity index is 1030. The van der Waals surface area contributed by atoms with Crippen molar-refractivity contribution in [3.63, 3.8) is 0 Å². The van der Waals surface area contributed by atoms with E-state index in [1.807, 2.05) is 0 Å². The van der Waals surface area contributed by atoms with Crippen molar-refractivity contribution in [2.24, 2.45) is 0 Å². The van der Waals surface area contributed by atoms with E-state index in [4.69, 9.17) is 0 Å². The number of rotatable bonds is 7. The van der Waals surface area contributed by atoms with E-state index in [0.717, 1.165) is 11.3 Å². The molecule has 1 amide bonds. The number of nitrogens with one attached hydrogen (secondary N) is 2. The molecule has 1 aromatic carbocycles. The van der Waals surface area contributed by atoms with Crippen molar-refractivity contribution < 1.29 is 21.6 Å². The molecule has 1 aliphatic heterocycles. The first-order chi connectivity index (χ1) is 13.2. The van der Waals surface area contributed by atoms with Crippen molar-refractivity contribution >= 4 is 48.7 Å². The molecule has 0 aliphatic carbocycles. The predicted molar refractivity (Wildman–Crippen MR) is 109 cm³/mol. The third-order valence-corrected chi connectivity index (χ3v) is 8.96. The Morgan fingerprint density at radius 2 is 1.82 bits per heavy atom. The minimum Gasteiger partial charge on any atom is -0.325 e. The fourth-order valence-electron chi connectivity index (χ4n) is 2.91. The summed E-state index contributed by atoms with van der Waals surface area (Å²) in [6, 6.07) is 8.64. The summed E-state index contributed by atoms with van der Waals surface area (Å²) in [6.45, 7) is 1.84. The standard InChI is InChI=1S/C17H21N3O5S3/c1-2-27(22,23)19-14-9-7-13(8-10-14)18-17(21)15-5-3-11-20(15)28(24,25)16-6-4-12-26-16/h4,6-10,12,15,19H,2-3,5,11H2,1H3,(H,18,21). The highest BCUT2D eigenvalue weighted by Crippen LogP contribution is 2.29. The Morgan fingerprint density at radius 3 is 2.43 bits per heavy atom. The molecule has 1 fully saturated rings. The summed E-state index contributed by atoms with van der Waals surface area (Å²) < 4.78 is 52.6. The maximum absolute atomic E-state index is 12.8. The molecule has 1 aromatic heterocycles. The predicted octanol–water partition coefficient (Wildman–Crippen LogP) is 2.30. The topological polar surface area (TPSA) is 113 Å². The molecule has 1 atom stereocenters. The number of amides is 1. The van der Waals surface area contributed by atoms with Crippen LogP contribution in [0.4, 0.5) is 11.4 Å². The summed E-state index contributed by atoms with van der Waals surface area (Å²) in [7, 11) is -7.07. The number of anilines is 2. The zero-order chi connectivity index (χ0) is 20.4. The Kier molecular flexibility index (Phi) is 6.08. The van der Waals surface area contributed by atoms with E-state index < -0.39 is 32.0 Å². The normalized spacial score (nSPS) is 18.1. The molecule has 0 radical (unpaired) electrons. The minimum absolute atomic E-state index is 0.0400. The van der Waals surface area contributed by atoms with Gasteiger partial charge in [0, 0.05) is 17.9 Å². The van der Waals surface area contributed by atoms with Gasteiger partial charge in [-0.05, 0) is 55.5 Å². The molecule has 0 bridgehead atoms. The largest absolute Gasteiger partial charge is 0.325 e. The van der Waals surface area contributed by atoms with Gasteiger partial charge in [0.15, 0.2) is 0 Å². The summed E-state index contributed by atoms with van der Waals surface area (Å²) in [5.41, 5.74) is 0.854. The summed E-state index contributed by atoms with van der Waals surface area (Å²) in [4.78, 5) is 12.7. The highest BCUT2D eigenvalue weighted by molar-refractivity contribution is 7.92. The first-order valence-electron chi connectivity index (χ1n) is 8.70. The Labute approximate surface area is 168 Å². The van der Waals surface area contributed by atoms with Gasteiger partial charge < -0.3 is 5.32 Å². The molecular formula is C17H21N3O5S3. The Hall–Kier alpha value is -1.95. The van der Waals surface area contributed by atoms with Gasteiger partial charge >= 0.3 is 0 Å². The van der Waals surface area contributed by atoms with Crippen molar-refractivity contribution in [1.82, 2.24) is 4.31 Å². The van der Waals surface area contributed by atoms with Crippen molar-refractivity contribution in [3.05, 3.63) is 41.8 Å². The quantitative estimate of drug-likeness (QED) is 0.682. The Morgan fingerprint density at radius 1 is 1.14 bits per heavy atom.